The number of benzene rings is 2. The van der Waals surface area contributed by atoms with Gasteiger partial charge in [-0.3, -0.25) is 9.69 Å². The van der Waals surface area contributed by atoms with Gasteiger partial charge in [-0.1, -0.05) is 23.7 Å². The predicted molar refractivity (Wildman–Crippen MR) is 102 cm³/mol. The molecule has 0 bridgehead atoms. The fourth-order valence-electron chi connectivity index (χ4n) is 2.52. The number of aromatic hydroxyl groups is 1. The van der Waals surface area contributed by atoms with E-state index in [-0.39, 0.29) is 17.0 Å². The van der Waals surface area contributed by atoms with Crippen LogP contribution in [0.1, 0.15) is 10.9 Å². The van der Waals surface area contributed by atoms with Gasteiger partial charge in [0.1, 0.15) is 16.9 Å². The van der Waals surface area contributed by atoms with Crippen LogP contribution in [0.25, 0.3) is 0 Å². The largest absolute Gasteiger partial charge is 0.506 e. The molecule has 1 aliphatic heterocycles. The van der Waals surface area contributed by atoms with Gasteiger partial charge in [0.25, 0.3) is 0 Å². The predicted octanol–water partition coefficient (Wildman–Crippen LogP) is 4.44. The maximum atomic E-state index is 12.4. The van der Waals surface area contributed by atoms with Crippen molar-refractivity contribution in [2.45, 2.75) is 5.37 Å². The lowest BCUT2D eigenvalue weighted by atomic mass is 10.1. The normalized spacial score (nSPS) is 17.6. The van der Waals surface area contributed by atoms with E-state index in [0.717, 1.165) is 0 Å². The third-order valence-electron chi connectivity index (χ3n) is 3.54. The van der Waals surface area contributed by atoms with E-state index in [4.69, 9.17) is 16.3 Å². The number of phenolic OH excluding ortho intramolecular Hbond substituents is 1. The molecule has 4 nitrogen and oxygen atoms in total. The zero-order chi connectivity index (χ0) is 16.6. The Kier molecular flexibility index (Phi) is 4.93. The van der Waals surface area contributed by atoms with E-state index in [9.17, 15) is 9.90 Å². The molecule has 3 rings (SSSR count). The summed E-state index contributed by atoms with van der Waals surface area (Å²) in [4.78, 5) is 14.1. The first kappa shape index (κ1) is 16.7. The zero-order valence-electron chi connectivity index (χ0n) is 12.1. The first-order valence-electron chi connectivity index (χ1n) is 6.77. The third kappa shape index (κ3) is 3.12. The molecular formula is C16H13ClINO3S. The molecule has 1 amide bonds. The average Bonchev–Trinajstić information content (AvgIpc) is 2.92. The van der Waals surface area contributed by atoms with Gasteiger partial charge in [0.2, 0.25) is 5.91 Å². The van der Waals surface area contributed by atoms with Crippen LogP contribution in [0.15, 0.2) is 36.4 Å². The molecule has 1 unspecified atom stereocenters. The highest BCUT2D eigenvalue weighted by Crippen LogP contribution is 2.48. The van der Waals surface area contributed by atoms with Crippen molar-refractivity contribution in [2.24, 2.45) is 0 Å². The first-order chi connectivity index (χ1) is 11.0. The fourth-order valence-corrected chi connectivity index (χ4v) is 4.75. The van der Waals surface area contributed by atoms with Crippen molar-refractivity contribution in [1.82, 2.24) is 0 Å². The van der Waals surface area contributed by atoms with Gasteiger partial charge < -0.3 is 9.84 Å². The number of hydrogen-bond donors (Lipinski definition) is 1. The molecule has 1 fully saturated rings. The molecule has 0 spiro atoms. The highest BCUT2D eigenvalue weighted by molar-refractivity contribution is 14.1. The molecule has 1 N–H and O–H groups in total. The van der Waals surface area contributed by atoms with E-state index in [2.05, 4.69) is 0 Å². The minimum atomic E-state index is -0.342. The molecule has 120 valence electrons. The fraction of sp³-hybridized carbons (Fsp3) is 0.188. The Morgan fingerprint density at radius 2 is 2.13 bits per heavy atom. The van der Waals surface area contributed by atoms with Crippen LogP contribution in [-0.2, 0) is 4.79 Å². The minimum Gasteiger partial charge on any atom is -0.506 e. The number of para-hydroxylation sites is 2. The quantitative estimate of drug-likeness (QED) is 0.687. The summed E-state index contributed by atoms with van der Waals surface area (Å²) in [7, 11) is 1.57. The molecule has 0 radical (unpaired) electrons. The first-order valence-corrected chi connectivity index (χ1v) is 9.28. The second-order valence-electron chi connectivity index (χ2n) is 4.92. The van der Waals surface area contributed by atoms with Gasteiger partial charge in [-0.2, -0.15) is 0 Å². The van der Waals surface area contributed by atoms with Crippen molar-refractivity contribution in [3.63, 3.8) is 0 Å². The topological polar surface area (TPSA) is 49.8 Å². The molecule has 1 heterocycles. The summed E-state index contributed by atoms with van der Waals surface area (Å²) >= 11 is 9.62. The zero-order valence-corrected chi connectivity index (χ0v) is 15.9. The number of halogens is 2. The number of rotatable bonds is 3. The van der Waals surface area contributed by atoms with E-state index in [1.807, 2.05) is 46.9 Å². The molecular weight excluding hydrogens is 449 g/mol. The summed E-state index contributed by atoms with van der Waals surface area (Å²) in [5.41, 5.74) is 1.31. The number of anilines is 1. The average molecular weight is 462 g/mol. The number of nitrogens with zero attached hydrogens (tertiary/aromatic N) is 1. The smallest absolute Gasteiger partial charge is 0.238 e. The van der Waals surface area contributed by atoms with Crippen molar-refractivity contribution < 1.29 is 14.6 Å². The monoisotopic (exact) mass is 461 g/mol. The van der Waals surface area contributed by atoms with E-state index in [1.165, 1.54) is 11.8 Å². The molecule has 23 heavy (non-hydrogen) atoms. The number of hydrogen-bond acceptors (Lipinski definition) is 4. The lowest BCUT2D eigenvalue weighted by molar-refractivity contribution is -0.115. The molecule has 1 atom stereocenters. The van der Waals surface area contributed by atoms with Gasteiger partial charge in [0, 0.05) is 10.6 Å². The molecule has 1 saturated heterocycles. The van der Waals surface area contributed by atoms with Crippen LogP contribution in [0.5, 0.6) is 11.5 Å². The van der Waals surface area contributed by atoms with Gasteiger partial charge in [0.15, 0.2) is 0 Å². The van der Waals surface area contributed by atoms with E-state index in [0.29, 0.717) is 31.3 Å². The van der Waals surface area contributed by atoms with E-state index < -0.39 is 0 Å². The Morgan fingerprint density at radius 3 is 2.87 bits per heavy atom. The number of carbonyl (C=O) groups is 1. The molecule has 2 aromatic carbocycles. The third-order valence-corrected chi connectivity index (χ3v) is 5.77. The Labute approximate surface area is 156 Å². The van der Waals surface area contributed by atoms with Crippen LogP contribution < -0.4 is 9.64 Å². The number of methoxy groups -OCH3 is 1. The summed E-state index contributed by atoms with van der Waals surface area (Å²) in [6.45, 7) is 0. The highest BCUT2D eigenvalue weighted by Gasteiger charge is 2.37. The van der Waals surface area contributed by atoms with Crippen LogP contribution in [0.3, 0.4) is 0 Å². The minimum absolute atomic E-state index is 0.0288. The molecule has 2 aromatic rings. The highest BCUT2D eigenvalue weighted by atomic mass is 127. The van der Waals surface area contributed by atoms with Gasteiger partial charge in [-0.05, 0) is 46.9 Å². The van der Waals surface area contributed by atoms with E-state index in [1.54, 1.807) is 24.1 Å². The van der Waals surface area contributed by atoms with Gasteiger partial charge in [0.05, 0.1) is 22.1 Å². The lowest BCUT2D eigenvalue weighted by Crippen LogP contribution is -2.28. The maximum Gasteiger partial charge on any atom is 0.238 e. The summed E-state index contributed by atoms with van der Waals surface area (Å²) in [6, 6.07) is 10.7. The Morgan fingerprint density at radius 1 is 1.39 bits per heavy atom. The van der Waals surface area contributed by atoms with Crippen LogP contribution in [0.2, 0.25) is 5.02 Å². The second kappa shape index (κ2) is 6.78. The standard InChI is InChI=1S/C16H13ClINO3S/c1-22-13-5-3-2-4-12(13)19-14(20)8-23-16(19)10-6-9(17)7-11(18)15(10)21/h2-7,16,21H,8H2,1H3. The molecule has 1 aliphatic rings. The van der Waals surface area contributed by atoms with Gasteiger partial charge in [-0.25, -0.2) is 0 Å². The van der Waals surface area contributed by atoms with Crippen LogP contribution >= 0.6 is 46.0 Å². The SMILES string of the molecule is COc1ccccc1N1C(=O)CSC1c1cc(Cl)cc(I)c1O. The Hall–Kier alpha value is -1.12. The number of amides is 1. The number of ether oxygens (including phenoxy) is 1. The van der Waals surface area contributed by atoms with Gasteiger partial charge >= 0.3 is 0 Å². The van der Waals surface area contributed by atoms with Crippen molar-refractivity contribution in [3.05, 3.63) is 50.6 Å². The summed E-state index contributed by atoms with van der Waals surface area (Å²) in [5.74, 6) is 1.08. The molecule has 0 aliphatic carbocycles. The van der Waals surface area contributed by atoms with Crippen molar-refractivity contribution in [3.8, 4) is 11.5 Å². The van der Waals surface area contributed by atoms with E-state index >= 15 is 0 Å². The molecule has 0 aromatic heterocycles. The molecule has 7 heteroatoms. The van der Waals surface area contributed by atoms with Crippen LogP contribution in [-0.4, -0.2) is 23.9 Å². The number of carbonyl (C=O) groups excluding carboxylic acids is 1. The van der Waals surface area contributed by atoms with Gasteiger partial charge in [-0.15, -0.1) is 11.8 Å². The van der Waals surface area contributed by atoms with Crippen LogP contribution in [0, 0.1) is 3.57 Å². The van der Waals surface area contributed by atoms with Crippen molar-refractivity contribution >= 4 is 57.5 Å². The van der Waals surface area contributed by atoms with Crippen LogP contribution in [0.4, 0.5) is 5.69 Å². The summed E-state index contributed by atoms with van der Waals surface area (Å²) in [6.07, 6.45) is 0. The number of thioether (sulfide) groups is 1. The second-order valence-corrected chi connectivity index (χ2v) is 7.59. The summed E-state index contributed by atoms with van der Waals surface area (Å²) < 4.78 is 6.03. The molecule has 0 saturated carbocycles. The Balaban J connectivity index is 2.11. The summed E-state index contributed by atoms with van der Waals surface area (Å²) in [5, 5.41) is 10.6. The Bertz CT molecular complexity index is 771. The number of phenols is 1. The lowest BCUT2D eigenvalue weighted by Gasteiger charge is -2.26. The van der Waals surface area contributed by atoms with Crippen molar-refractivity contribution in [1.29, 1.82) is 0 Å². The van der Waals surface area contributed by atoms with Crippen molar-refractivity contribution in [2.75, 3.05) is 17.8 Å². The maximum absolute atomic E-state index is 12.4.